The average molecular weight is 277 g/mol. The molecule has 0 amide bonds. The van der Waals surface area contributed by atoms with Crippen LogP contribution in [0.5, 0.6) is 0 Å². The Labute approximate surface area is 119 Å². The van der Waals surface area contributed by atoms with E-state index >= 15 is 0 Å². The third kappa shape index (κ3) is 3.31. The van der Waals surface area contributed by atoms with Gasteiger partial charge in [-0.05, 0) is 25.7 Å². The first-order valence-corrected chi connectivity index (χ1v) is 8.36. The lowest BCUT2D eigenvalue weighted by atomic mass is 10.2. The van der Waals surface area contributed by atoms with Crippen LogP contribution in [0.25, 0.3) is 10.9 Å². The minimum absolute atomic E-state index is 0.570. The molecule has 2 aromatic rings. The Kier molecular flexibility index (Phi) is 5.28. The molecule has 0 aliphatic rings. The molecule has 1 atom stereocenters. The number of aryl methyl sites for hydroxylation is 1. The largest absolute Gasteiger partial charge is 0.307 e. The summed E-state index contributed by atoms with van der Waals surface area (Å²) in [6.07, 6.45) is 3.32. The van der Waals surface area contributed by atoms with E-state index in [0.29, 0.717) is 6.04 Å². The third-order valence-corrected chi connectivity index (χ3v) is 4.19. The van der Waals surface area contributed by atoms with E-state index in [9.17, 15) is 0 Å². The van der Waals surface area contributed by atoms with Gasteiger partial charge in [-0.2, -0.15) is 16.9 Å². The maximum atomic E-state index is 4.72. The molecular weight excluding hydrogens is 254 g/mol. The molecule has 0 radical (unpaired) electrons. The minimum Gasteiger partial charge on any atom is -0.307 e. The Morgan fingerprint density at radius 1 is 1.32 bits per heavy atom. The molecule has 0 bridgehead atoms. The van der Waals surface area contributed by atoms with Crippen molar-refractivity contribution in [2.24, 2.45) is 0 Å². The van der Waals surface area contributed by atoms with E-state index in [1.807, 2.05) is 11.8 Å². The number of hydrogen-bond donors (Lipinski definition) is 1. The van der Waals surface area contributed by atoms with E-state index in [2.05, 4.69) is 54.4 Å². The number of aromatic nitrogens is 2. The van der Waals surface area contributed by atoms with E-state index in [-0.39, 0.29) is 0 Å². The van der Waals surface area contributed by atoms with E-state index in [1.165, 1.54) is 10.9 Å². The van der Waals surface area contributed by atoms with E-state index < -0.39 is 0 Å². The molecule has 1 aromatic heterocycles. The molecule has 0 saturated heterocycles. The quantitative estimate of drug-likeness (QED) is 0.842. The fraction of sp³-hybridized carbons (Fsp3) is 0.533. The molecule has 0 spiro atoms. The number of nitrogens with zero attached hydrogens (tertiary/aromatic N) is 2. The first-order valence-electron chi connectivity index (χ1n) is 6.96. The van der Waals surface area contributed by atoms with Crippen molar-refractivity contribution >= 4 is 22.7 Å². The standard InChI is InChI=1S/C15H23N3S/c1-4-12(11-19-3)16-10-14-13-8-6-7-9-15(13)18(5-2)17-14/h6-9,12,16H,4-5,10-11H2,1-3H3. The van der Waals surface area contributed by atoms with Crippen LogP contribution in [0.4, 0.5) is 0 Å². The highest BCUT2D eigenvalue weighted by Crippen LogP contribution is 2.18. The highest BCUT2D eigenvalue weighted by molar-refractivity contribution is 7.98. The average Bonchev–Trinajstić information content (AvgIpc) is 2.82. The van der Waals surface area contributed by atoms with Crippen LogP contribution in [-0.4, -0.2) is 27.8 Å². The fourth-order valence-electron chi connectivity index (χ4n) is 2.33. The Morgan fingerprint density at radius 2 is 2.11 bits per heavy atom. The molecule has 3 nitrogen and oxygen atoms in total. The fourth-order valence-corrected chi connectivity index (χ4v) is 3.09. The summed E-state index contributed by atoms with van der Waals surface area (Å²) < 4.78 is 2.09. The molecular formula is C15H23N3S. The molecule has 0 fully saturated rings. The molecule has 0 aliphatic heterocycles. The zero-order valence-corrected chi connectivity index (χ0v) is 12.8. The highest BCUT2D eigenvalue weighted by Gasteiger charge is 2.11. The number of fused-ring (bicyclic) bond motifs is 1. The van der Waals surface area contributed by atoms with Crippen LogP contribution in [0, 0.1) is 0 Å². The summed E-state index contributed by atoms with van der Waals surface area (Å²) >= 11 is 1.89. The van der Waals surface area contributed by atoms with Crippen molar-refractivity contribution in [2.45, 2.75) is 39.4 Å². The van der Waals surface area contributed by atoms with Crippen molar-refractivity contribution in [3.63, 3.8) is 0 Å². The Bertz CT molecular complexity index is 521. The number of para-hydroxylation sites is 1. The van der Waals surface area contributed by atoms with Crippen LogP contribution in [0.15, 0.2) is 24.3 Å². The van der Waals surface area contributed by atoms with Crippen LogP contribution >= 0.6 is 11.8 Å². The van der Waals surface area contributed by atoms with E-state index in [4.69, 9.17) is 5.10 Å². The van der Waals surface area contributed by atoms with Gasteiger partial charge in [-0.3, -0.25) is 4.68 Å². The maximum absolute atomic E-state index is 4.72. The van der Waals surface area contributed by atoms with Crippen molar-refractivity contribution in [3.05, 3.63) is 30.0 Å². The molecule has 2 rings (SSSR count). The van der Waals surface area contributed by atoms with Gasteiger partial charge in [0.1, 0.15) is 0 Å². The molecule has 1 aromatic carbocycles. The first kappa shape index (κ1) is 14.4. The smallest absolute Gasteiger partial charge is 0.0841 e. The zero-order valence-electron chi connectivity index (χ0n) is 12.0. The predicted molar refractivity (Wildman–Crippen MR) is 84.7 cm³/mol. The van der Waals surface area contributed by atoms with Gasteiger partial charge in [0.25, 0.3) is 0 Å². The van der Waals surface area contributed by atoms with Crippen molar-refractivity contribution in [3.8, 4) is 0 Å². The summed E-state index contributed by atoms with van der Waals surface area (Å²) in [6, 6.07) is 9.05. The van der Waals surface area contributed by atoms with Gasteiger partial charge in [-0.25, -0.2) is 0 Å². The summed E-state index contributed by atoms with van der Waals surface area (Å²) in [5.41, 5.74) is 2.40. The van der Waals surface area contributed by atoms with Crippen LogP contribution in [0.1, 0.15) is 26.0 Å². The van der Waals surface area contributed by atoms with Crippen molar-refractivity contribution < 1.29 is 0 Å². The van der Waals surface area contributed by atoms with Gasteiger partial charge < -0.3 is 5.32 Å². The van der Waals surface area contributed by atoms with Gasteiger partial charge in [0.15, 0.2) is 0 Å². The normalized spacial score (nSPS) is 13.0. The Morgan fingerprint density at radius 3 is 2.79 bits per heavy atom. The lowest BCUT2D eigenvalue weighted by Gasteiger charge is -2.14. The predicted octanol–water partition coefficient (Wildman–Crippen LogP) is 3.29. The number of hydrogen-bond acceptors (Lipinski definition) is 3. The van der Waals surface area contributed by atoms with Crippen LogP contribution < -0.4 is 5.32 Å². The molecule has 4 heteroatoms. The summed E-state index contributed by atoms with van der Waals surface area (Å²) in [7, 11) is 0. The summed E-state index contributed by atoms with van der Waals surface area (Å²) in [4.78, 5) is 0. The topological polar surface area (TPSA) is 29.9 Å². The van der Waals surface area contributed by atoms with Gasteiger partial charge in [0.05, 0.1) is 11.2 Å². The van der Waals surface area contributed by atoms with Crippen LogP contribution in [0.3, 0.4) is 0 Å². The van der Waals surface area contributed by atoms with Gasteiger partial charge in [0.2, 0.25) is 0 Å². The number of thioether (sulfide) groups is 1. The van der Waals surface area contributed by atoms with Crippen LogP contribution in [0.2, 0.25) is 0 Å². The summed E-state index contributed by atoms with van der Waals surface area (Å²) in [5.74, 6) is 1.16. The molecule has 1 unspecified atom stereocenters. The molecule has 19 heavy (non-hydrogen) atoms. The number of benzene rings is 1. The summed E-state index contributed by atoms with van der Waals surface area (Å²) in [5, 5.41) is 9.62. The number of rotatable bonds is 7. The second kappa shape index (κ2) is 6.96. The van der Waals surface area contributed by atoms with E-state index in [0.717, 1.165) is 31.0 Å². The van der Waals surface area contributed by atoms with Gasteiger partial charge in [-0.1, -0.05) is 25.1 Å². The number of nitrogens with one attached hydrogen (secondary N) is 1. The van der Waals surface area contributed by atoms with Gasteiger partial charge >= 0.3 is 0 Å². The second-order valence-electron chi connectivity index (χ2n) is 4.72. The Hall–Kier alpha value is -1.00. The molecule has 0 saturated carbocycles. The van der Waals surface area contributed by atoms with Gasteiger partial charge in [0, 0.05) is 30.3 Å². The molecule has 1 N–H and O–H groups in total. The van der Waals surface area contributed by atoms with Crippen LogP contribution in [-0.2, 0) is 13.1 Å². The lowest BCUT2D eigenvalue weighted by molar-refractivity contribution is 0.531. The monoisotopic (exact) mass is 277 g/mol. The molecule has 0 aliphatic carbocycles. The maximum Gasteiger partial charge on any atom is 0.0841 e. The van der Waals surface area contributed by atoms with Crippen molar-refractivity contribution in [1.29, 1.82) is 0 Å². The summed E-state index contributed by atoms with van der Waals surface area (Å²) in [6.45, 7) is 6.14. The van der Waals surface area contributed by atoms with Crippen molar-refractivity contribution in [2.75, 3.05) is 12.0 Å². The molecule has 1 heterocycles. The molecule has 104 valence electrons. The Balaban J connectivity index is 2.16. The first-order chi connectivity index (χ1) is 9.30. The lowest BCUT2D eigenvalue weighted by Crippen LogP contribution is -2.30. The minimum atomic E-state index is 0.570. The zero-order chi connectivity index (χ0) is 13.7. The SMILES string of the molecule is CCC(CSC)NCc1nn(CC)c2ccccc12. The van der Waals surface area contributed by atoms with Crippen molar-refractivity contribution in [1.82, 2.24) is 15.1 Å². The van der Waals surface area contributed by atoms with Gasteiger partial charge in [-0.15, -0.1) is 0 Å². The van der Waals surface area contributed by atoms with E-state index in [1.54, 1.807) is 0 Å². The third-order valence-electron chi connectivity index (χ3n) is 3.45. The highest BCUT2D eigenvalue weighted by atomic mass is 32.2. The second-order valence-corrected chi connectivity index (χ2v) is 5.63.